The minimum Gasteiger partial charge on any atom is -0.382 e. The zero-order valence-corrected chi connectivity index (χ0v) is 13.4. The summed E-state index contributed by atoms with van der Waals surface area (Å²) in [7, 11) is 1.53. The summed E-state index contributed by atoms with van der Waals surface area (Å²) in [4.78, 5) is 11.7. The van der Waals surface area contributed by atoms with Gasteiger partial charge in [0.15, 0.2) is 0 Å². The first-order chi connectivity index (χ1) is 10.4. The fraction of sp³-hybridized carbons (Fsp3) is 0.500. The van der Waals surface area contributed by atoms with Crippen LogP contribution >= 0.6 is 12.4 Å². The number of carbonyl (C=O) groups excluding carboxylic acids is 1. The van der Waals surface area contributed by atoms with Gasteiger partial charge in [0.2, 0.25) is 5.91 Å². The highest BCUT2D eigenvalue weighted by molar-refractivity contribution is 5.91. The molecule has 0 saturated heterocycles. The lowest BCUT2D eigenvalue weighted by Gasteiger charge is -2.12. The molecular formula is C14H20ClF3N2O3. The lowest BCUT2D eigenvalue weighted by Crippen LogP contribution is -2.16. The van der Waals surface area contributed by atoms with Crippen LogP contribution in [-0.4, -0.2) is 32.8 Å². The van der Waals surface area contributed by atoms with E-state index in [0.29, 0.717) is 18.8 Å². The van der Waals surface area contributed by atoms with Crippen LogP contribution in [0, 0.1) is 0 Å². The highest BCUT2D eigenvalue weighted by Gasteiger charge is 2.31. The molecule has 0 heterocycles. The second-order valence-electron chi connectivity index (χ2n) is 4.52. The molecule has 132 valence electrons. The van der Waals surface area contributed by atoms with Gasteiger partial charge in [0, 0.05) is 19.3 Å². The smallest absolute Gasteiger partial charge is 0.382 e. The van der Waals surface area contributed by atoms with Crippen molar-refractivity contribution in [1.29, 1.82) is 0 Å². The second-order valence-corrected chi connectivity index (χ2v) is 4.52. The molecule has 0 saturated carbocycles. The van der Waals surface area contributed by atoms with Crippen LogP contribution in [0.25, 0.3) is 0 Å². The van der Waals surface area contributed by atoms with Gasteiger partial charge in [0.25, 0.3) is 0 Å². The van der Waals surface area contributed by atoms with Gasteiger partial charge in [0.1, 0.15) is 0 Å². The number of nitrogens with one attached hydrogen (secondary N) is 1. The number of methoxy groups -OCH3 is 1. The zero-order chi connectivity index (χ0) is 16.6. The van der Waals surface area contributed by atoms with E-state index in [9.17, 15) is 18.0 Å². The van der Waals surface area contributed by atoms with Crippen LogP contribution in [0.1, 0.15) is 17.5 Å². The number of ether oxygens (including phenoxy) is 2. The second kappa shape index (κ2) is 10.4. The molecule has 3 N–H and O–H groups in total. The van der Waals surface area contributed by atoms with Gasteiger partial charge in [-0.3, -0.25) is 4.79 Å². The Morgan fingerprint density at radius 2 is 1.91 bits per heavy atom. The van der Waals surface area contributed by atoms with Crippen molar-refractivity contribution in [2.45, 2.75) is 19.1 Å². The van der Waals surface area contributed by atoms with Gasteiger partial charge in [-0.1, -0.05) is 0 Å². The molecular weight excluding hydrogens is 337 g/mol. The quantitative estimate of drug-likeness (QED) is 0.702. The number of carbonyl (C=O) groups is 1. The summed E-state index contributed by atoms with van der Waals surface area (Å²) in [6.07, 6.45) is -4.45. The van der Waals surface area contributed by atoms with Crippen molar-refractivity contribution in [2.24, 2.45) is 5.73 Å². The van der Waals surface area contributed by atoms with Crippen molar-refractivity contribution in [3.8, 4) is 0 Å². The van der Waals surface area contributed by atoms with Gasteiger partial charge < -0.3 is 20.5 Å². The molecule has 0 radical (unpaired) electrons. The molecule has 0 fully saturated rings. The maximum absolute atomic E-state index is 12.8. The molecule has 0 aromatic heterocycles. The Bertz CT molecular complexity index is 499. The molecule has 0 unspecified atom stereocenters. The molecule has 1 aromatic rings. The van der Waals surface area contributed by atoms with E-state index in [2.05, 4.69) is 5.32 Å². The van der Waals surface area contributed by atoms with Gasteiger partial charge in [-0.15, -0.1) is 12.4 Å². The van der Waals surface area contributed by atoms with E-state index >= 15 is 0 Å². The Kier molecular flexibility index (Phi) is 9.82. The summed E-state index contributed by atoms with van der Waals surface area (Å²) in [5, 5.41) is 2.41. The maximum Gasteiger partial charge on any atom is 0.416 e. The Morgan fingerprint density at radius 3 is 2.48 bits per heavy atom. The number of anilines is 1. The van der Waals surface area contributed by atoms with Gasteiger partial charge in [-0.05, 0) is 23.8 Å². The average Bonchev–Trinajstić information content (AvgIpc) is 2.45. The molecule has 1 amide bonds. The van der Waals surface area contributed by atoms with Crippen LogP contribution in [0.5, 0.6) is 0 Å². The standard InChI is InChI=1S/C14H19F3N2O3.ClH/c1-21-4-5-22-3-2-13(20)19-12-7-10(9-18)6-11(8-12)14(15,16)17;/h6-8H,2-5,9,18H2,1H3,(H,19,20);1H. The van der Waals surface area contributed by atoms with E-state index in [4.69, 9.17) is 15.2 Å². The van der Waals surface area contributed by atoms with Crippen LogP contribution in [0.2, 0.25) is 0 Å². The molecule has 1 aromatic carbocycles. The molecule has 9 heteroatoms. The highest BCUT2D eigenvalue weighted by Crippen LogP contribution is 2.32. The lowest BCUT2D eigenvalue weighted by atomic mass is 10.1. The third kappa shape index (κ3) is 8.17. The minimum absolute atomic E-state index is 0. The average molecular weight is 357 g/mol. The molecule has 0 spiro atoms. The topological polar surface area (TPSA) is 73.6 Å². The van der Waals surface area contributed by atoms with E-state index < -0.39 is 17.6 Å². The van der Waals surface area contributed by atoms with E-state index in [1.807, 2.05) is 0 Å². The molecule has 1 rings (SSSR count). The summed E-state index contributed by atoms with van der Waals surface area (Å²) in [6, 6.07) is 3.26. The third-order valence-corrected chi connectivity index (χ3v) is 2.74. The van der Waals surface area contributed by atoms with E-state index in [1.54, 1.807) is 0 Å². The number of amides is 1. The number of rotatable bonds is 8. The van der Waals surface area contributed by atoms with Crippen LogP contribution < -0.4 is 11.1 Å². The van der Waals surface area contributed by atoms with E-state index in [-0.39, 0.29) is 37.7 Å². The number of halogens is 4. The maximum atomic E-state index is 12.8. The highest BCUT2D eigenvalue weighted by atomic mass is 35.5. The van der Waals surface area contributed by atoms with Crippen LogP contribution in [0.3, 0.4) is 0 Å². The molecule has 0 aliphatic rings. The Morgan fingerprint density at radius 1 is 1.22 bits per heavy atom. The van der Waals surface area contributed by atoms with Crippen molar-refractivity contribution in [3.63, 3.8) is 0 Å². The van der Waals surface area contributed by atoms with Crippen LogP contribution in [-0.2, 0) is 27.0 Å². The lowest BCUT2D eigenvalue weighted by molar-refractivity contribution is -0.137. The summed E-state index contributed by atoms with van der Waals surface area (Å²) in [6.45, 7) is 0.880. The first kappa shape index (κ1) is 21.6. The van der Waals surface area contributed by atoms with Crippen LogP contribution in [0.4, 0.5) is 18.9 Å². The fourth-order valence-corrected chi connectivity index (χ4v) is 1.68. The number of hydrogen-bond acceptors (Lipinski definition) is 4. The van der Waals surface area contributed by atoms with Gasteiger partial charge >= 0.3 is 6.18 Å². The summed E-state index contributed by atoms with van der Waals surface area (Å²) >= 11 is 0. The molecule has 23 heavy (non-hydrogen) atoms. The predicted octanol–water partition coefficient (Wildman–Crippen LogP) is 2.58. The monoisotopic (exact) mass is 356 g/mol. The normalized spacial score (nSPS) is 11.0. The van der Waals surface area contributed by atoms with E-state index in [0.717, 1.165) is 12.1 Å². The Hall–Kier alpha value is -1.35. The van der Waals surface area contributed by atoms with Crippen molar-refractivity contribution < 1.29 is 27.4 Å². The number of alkyl halides is 3. The summed E-state index contributed by atoms with van der Waals surface area (Å²) < 4.78 is 48.2. The fourth-order valence-electron chi connectivity index (χ4n) is 1.68. The SMILES string of the molecule is COCCOCCC(=O)Nc1cc(CN)cc(C(F)(F)F)c1.Cl. The summed E-state index contributed by atoms with van der Waals surface area (Å²) in [5.41, 5.74) is 4.89. The van der Waals surface area contributed by atoms with Crippen molar-refractivity contribution in [3.05, 3.63) is 29.3 Å². The van der Waals surface area contributed by atoms with Gasteiger partial charge in [-0.25, -0.2) is 0 Å². The third-order valence-electron chi connectivity index (χ3n) is 2.74. The number of benzene rings is 1. The van der Waals surface area contributed by atoms with Gasteiger partial charge in [0.05, 0.1) is 31.8 Å². The van der Waals surface area contributed by atoms with Crippen molar-refractivity contribution in [1.82, 2.24) is 0 Å². The molecule has 0 atom stereocenters. The molecule has 5 nitrogen and oxygen atoms in total. The first-order valence-corrected chi connectivity index (χ1v) is 6.64. The first-order valence-electron chi connectivity index (χ1n) is 6.64. The van der Waals surface area contributed by atoms with Gasteiger partial charge in [-0.2, -0.15) is 13.2 Å². The van der Waals surface area contributed by atoms with Crippen LogP contribution in [0.15, 0.2) is 18.2 Å². The largest absolute Gasteiger partial charge is 0.416 e. The molecule has 0 aliphatic heterocycles. The summed E-state index contributed by atoms with van der Waals surface area (Å²) in [5.74, 6) is -0.431. The molecule has 0 bridgehead atoms. The molecule has 0 aliphatic carbocycles. The van der Waals surface area contributed by atoms with Crippen molar-refractivity contribution >= 4 is 24.0 Å². The Labute approximate surface area is 138 Å². The predicted molar refractivity (Wildman–Crippen MR) is 82.5 cm³/mol. The van der Waals surface area contributed by atoms with Crippen molar-refractivity contribution in [2.75, 3.05) is 32.2 Å². The Balaban J connectivity index is 0.00000484. The zero-order valence-electron chi connectivity index (χ0n) is 12.6. The van der Waals surface area contributed by atoms with E-state index in [1.165, 1.54) is 13.2 Å². The number of hydrogen-bond donors (Lipinski definition) is 2. The minimum atomic E-state index is -4.49. The number of nitrogens with two attached hydrogens (primary N) is 1.